The van der Waals surface area contributed by atoms with Crippen molar-refractivity contribution in [1.29, 1.82) is 0 Å². The fourth-order valence-corrected chi connectivity index (χ4v) is 2.81. The molecule has 0 fully saturated rings. The number of carboxylic acid groups (broad SMARTS) is 1. The third kappa shape index (κ3) is 3.89. The lowest BCUT2D eigenvalue weighted by atomic mass is 10.0. The van der Waals surface area contributed by atoms with Crippen LogP contribution >= 0.6 is 0 Å². The molecule has 0 radical (unpaired) electrons. The Bertz CT molecular complexity index is 1070. The predicted octanol–water partition coefficient (Wildman–Crippen LogP) is 1.96. The molecule has 3 rings (SSSR count). The van der Waals surface area contributed by atoms with Crippen molar-refractivity contribution in [2.75, 3.05) is 0 Å². The summed E-state index contributed by atoms with van der Waals surface area (Å²) in [5.74, 6) is -2.22. The molecule has 2 aromatic carbocycles. The lowest BCUT2D eigenvalue weighted by Crippen LogP contribution is -2.50. The number of benzene rings is 2. The molecule has 1 N–H and O–H groups in total. The molecule has 6 nitrogen and oxygen atoms in total. The van der Waals surface area contributed by atoms with E-state index in [0.717, 1.165) is 5.39 Å². The SMILES string of the molecule is CC(C)[C@H](NC(=O)c1cccc(-c2cc3ccccc3oc2=O)c1)C(=O)[O-]. The lowest BCUT2D eigenvalue weighted by Gasteiger charge is -2.23. The molecule has 6 heteroatoms. The maximum atomic E-state index is 12.4. The molecule has 0 aliphatic rings. The van der Waals surface area contributed by atoms with Crippen molar-refractivity contribution in [3.8, 4) is 11.1 Å². The molecule has 0 saturated carbocycles. The number of para-hydroxylation sites is 1. The molecule has 1 heterocycles. The van der Waals surface area contributed by atoms with Gasteiger partial charge >= 0.3 is 5.63 Å². The maximum absolute atomic E-state index is 12.4. The van der Waals surface area contributed by atoms with Crippen LogP contribution in [-0.2, 0) is 4.79 Å². The average molecular weight is 364 g/mol. The second kappa shape index (κ2) is 7.45. The van der Waals surface area contributed by atoms with Gasteiger partial charge in [0.25, 0.3) is 5.91 Å². The first-order chi connectivity index (χ1) is 12.9. The van der Waals surface area contributed by atoms with E-state index in [2.05, 4.69) is 5.32 Å². The standard InChI is InChI=1S/C21H19NO5/c1-12(2)18(20(24)25)22-19(23)15-8-5-7-13(10-15)16-11-14-6-3-4-9-17(14)27-21(16)26/h3-12,18H,1-2H3,(H,22,23)(H,24,25)/p-1/t18-/m0/s1. The number of hydrogen-bond donors (Lipinski definition) is 1. The van der Waals surface area contributed by atoms with Crippen molar-refractivity contribution in [2.24, 2.45) is 5.92 Å². The van der Waals surface area contributed by atoms with Crippen molar-refractivity contribution < 1.29 is 19.1 Å². The number of nitrogens with one attached hydrogen (secondary N) is 1. The van der Waals surface area contributed by atoms with Gasteiger partial charge in [-0.3, -0.25) is 4.79 Å². The van der Waals surface area contributed by atoms with E-state index in [9.17, 15) is 19.5 Å². The maximum Gasteiger partial charge on any atom is 0.344 e. The molecule has 1 aromatic heterocycles. The second-order valence-corrected chi connectivity index (χ2v) is 6.58. The summed E-state index contributed by atoms with van der Waals surface area (Å²) in [5.41, 5.74) is 1.04. The Hall–Kier alpha value is -3.41. The van der Waals surface area contributed by atoms with Crippen molar-refractivity contribution in [3.63, 3.8) is 0 Å². The van der Waals surface area contributed by atoms with Gasteiger partial charge in [-0.15, -0.1) is 0 Å². The number of carbonyl (C=O) groups is 2. The van der Waals surface area contributed by atoms with Crippen LogP contribution in [0.3, 0.4) is 0 Å². The first-order valence-electron chi connectivity index (χ1n) is 8.52. The summed E-state index contributed by atoms with van der Waals surface area (Å²) in [7, 11) is 0. The van der Waals surface area contributed by atoms with Crippen LogP contribution in [0.1, 0.15) is 24.2 Å². The third-order valence-corrected chi connectivity index (χ3v) is 4.28. The Labute approximate surface area is 155 Å². The largest absolute Gasteiger partial charge is 0.548 e. The van der Waals surface area contributed by atoms with Crippen LogP contribution in [-0.4, -0.2) is 17.9 Å². The zero-order valence-electron chi connectivity index (χ0n) is 14.9. The molecule has 0 aliphatic heterocycles. The molecule has 27 heavy (non-hydrogen) atoms. The van der Waals surface area contributed by atoms with Gasteiger partial charge in [-0.25, -0.2) is 4.79 Å². The molecule has 0 unspecified atom stereocenters. The second-order valence-electron chi connectivity index (χ2n) is 6.58. The Morgan fingerprint density at radius 3 is 2.48 bits per heavy atom. The van der Waals surface area contributed by atoms with Crippen LogP contribution < -0.4 is 16.0 Å². The quantitative estimate of drug-likeness (QED) is 0.698. The zero-order chi connectivity index (χ0) is 19.6. The van der Waals surface area contributed by atoms with Gasteiger partial charge in [-0.2, -0.15) is 0 Å². The van der Waals surface area contributed by atoms with E-state index in [1.807, 2.05) is 12.1 Å². The highest BCUT2D eigenvalue weighted by Crippen LogP contribution is 2.22. The van der Waals surface area contributed by atoms with Gasteiger partial charge in [0.15, 0.2) is 0 Å². The first-order valence-corrected chi connectivity index (χ1v) is 8.52. The van der Waals surface area contributed by atoms with Gasteiger partial charge in [0.05, 0.1) is 17.6 Å². The van der Waals surface area contributed by atoms with E-state index in [1.165, 1.54) is 6.07 Å². The van der Waals surface area contributed by atoms with Crippen LogP contribution in [0.4, 0.5) is 0 Å². The minimum Gasteiger partial charge on any atom is -0.548 e. The van der Waals surface area contributed by atoms with Crippen LogP contribution in [0.5, 0.6) is 0 Å². The molecule has 0 bridgehead atoms. The van der Waals surface area contributed by atoms with E-state index < -0.39 is 23.5 Å². The van der Waals surface area contributed by atoms with Crippen LogP contribution in [0.25, 0.3) is 22.1 Å². The minimum absolute atomic E-state index is 0.243. The minimum atomic E-state index is -1.34. The van der Waals surface area contributed by atoms with Gasteiger partial charge in [-0.05, 0) is 35.7 Å². The van der Waals surface area contributed by atoms with E-state index in [1.54, 1.807) is 50.2 Å². The van der Waals surface area contributed by atoms with E-state index in [-0.39, 0.29) is 11.5 Å². The van der Waals surface area contributed by atoms with Crippen LogP contribution in [0, 0.1) is 5.92 Å². The Balaban J connectivity index is 1.96. The Morgan fingerprint density at radius 2 is 1.78 bits per heavy atom. The predicted molar refractivity (Wildman–Crippen MR) is 99.0 cm³/mol. The van der Waals surface area contributed by atoms with Crippen molar-refractivity contribution in [1.82, 2.24) is 5.32 Å². The van der Waals surface area contributed by atoms with Crippen molar-refractivity contribution >= 4 is 22.8 Å². The Kier molecular flexibility index (Phi) is 5.07. The number of hydrogen-bond acceptors (Lipinski definition) is 5. The summed E-state index contributed by atoms with van der Waals surface area (Å²) in [6, 6.07) is 14.1. The first kappa shape index (κ1) is 18.4. The van der Waals surface area contributed by atoms with E-state index in [4.69, 9.17) is 4.42 Å². The molecule has 1 atom stereocenters. The van der Waals surface area contributed by atoms with Gasteiger partial charge < -0.3 is 19.6 Å². The van der Waals surface area contributed by atoms with Crippen molar-refractivity contribution in [2.45, 2.75) is 19.9 Å². The van der Waals surface area contributed by atoms with E-state index >= 15 is 0 Å². The molecule has 0 aliphatic carbocycles. The van der Waals surface area contributed by atoms with Crippen molar-refractivity contribution in [3.05, 3.63) is 70.6 Å². The van der Waals surface area contributed by atoms with Gasteiger partial charge in [-0.1, -0.05) is 44.2 Å². The smallest absolute Gasteiger partial charge is 0.344 e. The average Bonchev–Trinajstić information content (AvgIpc) is 2.64. The molecule has 3 aromatic rings. The lowest BCUT2D eigenvalue weighted by molar-refractivity contribution is -0.309. The van der Waals surface area contributed by atoms with E-state index in [0.29, 0.717) is 16.7 Å². The summed E-state index contributed by atoms with van der Waals surface area (Å²) in [6.45, 7) is 3.36. The number of carboxylic acids is 1. The number of carbonyl (C=O) groups excluding carboxylic acids is 2. The molecular formula is C21H18NO5-. The number of rotatable bonds is 5. The van der Waals surface area contributed by atoms with Gasteiger partial charge in [0, 0.05) is 10.9 Å². The summed E-state index contributed by atoms with van der Waals surface area (Å²) < 4.78 is 5.33. The summed E-state index contributed by atoms with van der Waals surface area (Å²) in [5, 5.41) is 14.4. The third-order valence-electron chi connectivity index (χ3n) is 4.28. The van der Waals surface area contributed by atoms with Gasteiger partial charge in [0.1, 0.15) is 5.58 Å². The summed E-state index contributed by atoms with van der Waals surface area (Å²) >= 11 is 0. The normalized spacial score (nSPS) is 12.1. The fourth-order valence-electron chi connectivity index (χ4n) is 2.81. The summed E-state index contributed by atoms with van der Waals surface area (Å²) in [4.78, 5) is 35.9. The summed E-state index contributed by atoms with van der Waals surface area (Å²) in [6.07, 6.45) is 0. The topological polar surface area (TPSA) is 99.4 Å². The number of fused-ring (bicyclic) bond motifs is 1. The molecular weight excluding hydrogens is 346 g/mol. The molecule has 138 valence electrons. The highest BCUT2D eigenvalue weighted by Gasteiger charge is 2.19. The van der Waals surface area contributed by atoms with Crippen LogP contribution in [0.2, 0.25) is 0 Å². The van der Waals surface area contributed by atoms with Gasteiger partial charge in [0.2, 0.25) is 0 Å². The number of amides is 1. The highest BCUT2D eigenvalue weighted by molar-refractivity contribution is 5.97. The Morgan fingerprint density at radius 1 is 1.04 bits per heavy atom. The highest BCUT2D eigenvalue weighted by atomic mass is 16.4. The number of aliphatic carboxylic acids is 1. The molecule has 0 spiro atoms. The molecule has 0 saturated heterocycles. The fraction of sp³-hybridized carbons (Fsp3) is 0.190. The zero-order valence-corrected chi connectivity index (χ0v) is 14.9. The molecule has 1 amide bonds. The van der Waals surface area contributed by atoms with Crippen LogP contribution in [0.15, 0.2) is 63.8 Å². The monoisotopic (exact) mass is 364 g/mol.